The van der Waals surface area contributed by atoms with E-state index in [1.54, 1.807) is 0 Å². The number of likely N-dealkylation sites (tertiary alicyclic amines) is 1. The van der Waals surface area contributed by atoms with E-state index in [0.29, 0.717) is 6.61 Å². The predicted octanol–water partition coefficient (Wildman–Crippen LogP) is 2.77. The molecule has 0 bridgehead atoms. The summed E-state index contributed by atoms with van der Waals surface area (Å²) in [7, 11) is 0. The molecule has 20 heavy (non-hydrogen) atoms. The molecule has 0 unspecified atom stereocenters. The summed E-state index contributed by atoms with van der Waals surface area (Å²) in [4.78, 5) is 15.8. The first-order valence-electron chi connectivity index (χ1n) is 7.30. The molecule has 0 atom stereocenters. The zero-order chi connectivity index (χ0) is 14.4. The van der Waals surface area contributed by atoms with Crippen molar-refractivity contribution in [3.8, 4) is 0 Å². The van der Waals surface area contributed by atoms with E-state index < -0.39 is 5.97 Å². The molecule has 0 amide bonds. The molecule has 1 aromatic rings. The zero-order valence-electron chi connectivity index (χ0n) is 12.0. The molecule has 4 nitrogen and oxygen atoms in total. The van der Waals surface area contributed by atoms with Crippen LogP contribution >= 0.6 is 11.3 Å². The maximum atomic E-state index is 10.4. The Labute approximate surface area is 124 Å². The van der Waals surface area contributed by atoms with Gasteiger partial charge in [-0.2, -0.15) is 0 Å². The molecule has 1 aromatic heterocycles. The number of carboxylic acids is 1. The van der Waals surface area contributed by atoms with E-state index in [-0.39, 0.29) is 12.5 Å². The molecule has 0 aromatic carbocycles. The molecule has 1 saturated heterocycles. The normalized spacial score (nSPS) is 17.4. The van der Waals surface area contributed by atoms with Gasteiger partial charge in [-0.15, -0.1) is 11.3 Å². The van der Waals surface area contributed by atoms with Crippen molar-refractivity contribution in [3.63, 3.8) is 0 Å². The summed E-state index contributed by atoms with van der Waals surface area (Å²) < 4.78 is 5.61. The summed E-state index contributed by atoms with van der Waals surface area (Å²) in [5.41, 5.74) is 0. The lowest BCUT2D eigenvalue weighted by atomic mass is 10.1. The van der Waals surface area contributed by atoms with Gasteiger partial charge >= 0.3 is 5.97 Å². The van der Waals surface area contributed by atoms with E-state index >= 15 is 0 Å². The number of piperidine rings is 1. The van der Waals surface area contributed by atoms with Crippen LogP contribution in [0.1, 0.15) is 35.9 Å². The fraction of sp³-hybridized carbons (Fsp3) is 0.667. The average molecular weight is 297 g/mol. The molecule has 112 valence electrons. The number of hydrogen-bond acceptors (Lipinski definition) is 4. The second kappa shape index (κ2) is 7.76. The van der Waals surface area contributed by atoms with Crippen LogP contribution in [0.15, 0.2) is 12.1 Å². The molecular weight excluding hydrogens is 274 g/mol. The second-order valence-electron chi connectivity index (χ2n) is 5.21. The van der Waals surface area contributed by atoms with Crippen LogP contribution in [0.4, 0.5) is 0 Å². The quantitative estimate of drug-likeness (QED) is 0.841. The van der Waals surface area contributed by atoms with Gasteiger partial charge in [0.2, 0.25) is 0 Å². The van der Waals surface area contributed by atoms with Crippen LogP contribution in [0.25, 0.3) is 0 Å². The third-order valence-corrected chi connectivity index (χ3v) is 4.86. The van der Waals surface area contributed by atoms with E-state index in [1.165, 1.54) is 9.75 Å². The van der Waals surface area contributed by atoms with Gasteiger partial charge in [-0.1, -0.05) is 6.92 Å². The number of aliphatic carboxylic acids is 1. The van der Waals surface area contributed by atoms with Gasteiger partial charge in [-0.05, 0) is 31.4 Å². The smallest absolute Gasteiger partial charge is 0.305 e. The van der Waals surface area contributed by atoms with Crippen molar-refractivity contribution >= 4 is 17.3 Å². The van der Waals surface area contributed by atoms with Crippen molar-refractivity contribution in [1.82, 2.24) is 4.90 Å². The van der Waals surface area contributed by atoms with Crippen LogP contribution < -0.4 is 0 Å². The van der Waals surface area contributed by atoms with Crippen molar-refractivity contribution < 1.29 is 14.6 Å². The van der Waals surface area contributed by atoms with E-state index in [4.69, 9.17) is 9.84 Å². The Morgan fingerprint density at radius 3 is 2.70 bits per heavy atom. The number of thiophene rings is 1. The molecule has 0 spiro atoms. The molecule has 1 aliphatic heterocycles. The molecule has 0 radical (unpaired) electrons. The lowest BCUT2D eigenvalue weighted by Gasteiger charge is -2.31. The number of hydrogen-bond donors (Lipinski definition) is 1. The van der Waals surface area contributed by atoms with Gasteiger partial charge in [0.25, 0.3) is 0 Å². The molecule has 1 fully saturated rings. The van der Waals surface area contributed by atoms with E-state index in [0.717, 1.165) is 38.9 Å². The summed E-state index contributed by atoms with van der Waals surface area (Å²) in [6.07, 6.45) is 3.47. The minimum atomic E-state index is -0.785. The highest BCUT2D eigenvalue weighted by Gasteiger charge is 2.20. The van der Waals surface area contributed by atoms with Gasteiger partial charge in [-0.25, -0.2) is 0 Å². The van der Waals surface area contributed by atoms with Gasteiger partial charge in [0.05, 0.1) is 19.1 Å². The fourth-order valence-corrected chi connectivity index (χ4v) is 3.47. The van der Waals surface area contributed by atoms with Crippen molar-refractivity contribution in [2.75, 3.05) is 19.7 Å². The highest BCUT2D eigenvalue weighted by molar-refractivity contribution is 7.11. The Morgan fingerprint density at radius 2 is 2.10 bits per heavy atom. The van der Waals surface area contributed by atoms with Crippen molar-refractivity contribution in [2.24, 2.45) is 0 Å². The minimum Gasteiger partial charge on any atom is -0.481 e. The summed E-state index contributed by atoms with van der Waals surface area (Å²) in [6.45, 7) is 5.64. The van der Waals surface area contributed by atoms with E-state index in [2.05, 4.69) is 24.0 Å². The number of carboxylic acid groups (broad SMARTS) is 1. The topological polar surface area (TPSA) is 49.8 Å². The molecule has 1 N–H and O–H groups in total. The van der Waals surface area contributed by atoms with Crippen LogP contribution in [-0.2, 0) is 22.5 Å². The second-order valence-corrected chi connectivity index (χ2v) is 6.46. The lowest BCUT2D eigenvalue weighted by Crippen LogP contribution is -2.36. The monoisotopic (exact) mass is 297 g/mol. The number of carbonyl (C=O) groups is 1. The molecule has 2 rings (SSSR count). The van der Waals surface area contributed by atoms with E-state index in [9.17, 15) is 4.79 Å². The third kappa shape index (κ3) is 4.89. The molecular formula is C15H23NO3S. The van der Waals surface area contributed by atoms with Crippen LogP contribution in [0, 0.1) is 0 Å². The standard InChI is InChI=1S/C15H23NO3S/c1-2-13-3-4-14(20-13)11-16-8-5-12(6-9-16)19-10-7-15(17)18/h3-4,12H,2,5-11H2,1H3,(H,17,18). The Balaban J connectivity index is 1.67. The molecule has 5 heteroatoms. The summed E-state index contributed by atoms with van der Waals surface area (Å²) in [5, 5.41) is 8.58. The van der Waals surface area contributed by atoms with Crippen LogP contribution in [0.5, 0.6) is 0 Å². The number of rotatable bonds is 7. The Morgan fingerprint density at radius 1 is 1.40 bits per heavy atom. The number of nitrogens with zero attached hydrogens (tertiary/aromatic N) is 1. The molecule has 0 aliphatic carbocycles. The van der Waals surface area contributed by atoms with Crippen molar-refractivity contribution in [3.05, 3.63) is 21.9 Å². The summed E-state index contributed by atoms with van der Waals surface area (Å²) >= 11 is 1.91. The van der Waals surface area contributed by atoms with E-state index in [1.807, 2.05) is 11.3 Å². The van der Waals surface area contributed by atoms with Gasteiger partial charge in [0, 0.05) is 29.4 Å². The van der Waals surface area contributed by atoms with Gasteiger partial charge in [-0.3, -0.25) is 9.69 Å². The fourth-order valence-electron chi connectivity index (χ4n) is 2.46. The highest BCUT2D eigenvalue weighted by atomic mass is 32.1. The zero-order valence-corrected chi connectivity index (χ0v) is 12.8. The average Bonchev–Trinajstić information content (AvgIpc) is 2.88. The predicted molar refractivity (Wildman–Crippen MR) is 80.2 cm³/mol. The molecule has 1 aliphatic rings. The first kappa shape index (κ1) is 15.5. The lowest BCUT2D eigenvalue weighted by molar-refractivity contribution is -0.138. The van der Waals surface area contributed by atoms with Crippen molar-refractivity contribution in [1.29, 1.82) is 0 Å². The number of ether oxygens (including phenoxy) is 1. The maximum Gasteiger partial charge on any atom is 0.305 e. The van der Waals surface area contributed by atoms with Crippen LogP contribution in [0.2, 0.25) is 0 Å². The largest absolute Gasteiger partial charge is 0.481 e. The van der Waals surface area contributed by atoms with Crippen LogP contribution in [0.3, 0.4) is 0 Å². The first-order valence-corrected chi connectivity index (χ1v) is 8.12. The van der Waals surface area contributed by atoms with Crippen molar-refractivity contribution in [2.45, 2.75) is 45.3 Å². The van der Waals surface area contributed by atoms with Gasteiger partial charge < -0.3 is 9.84 Å². The number of aryl methyl sites for hydroxylation is 1. The Bertz CT molecular complexity index is 425. The Hall–Kier alpha value is -0.910. The highest BCUT2D eigenvalue weighted by Crippen LogP contribution is 2.21. The minimum absolute atomic E-state index is 0.106. The molecule has 0 saturated carbocycles. The maximum absolute atomic E-state index is 10.4. The Kier molecular flexibility index (Phi) is 6.01. The summed E-state index contributed by atoms with van der Waals surface area (Å²) in [5.74, 6) is -0.785. The first-order chi connectivity index (χ1) is 9.67. The van der Waals surface area contributed by atoms with Gasteiger partial charge in [0.1, 0.15) is 0 Å². The van der Waals surface area contributed by atoms with Gasteiger partial charge in [0.15, 0.2) is 0 Å². The SMILES string of the molecule is CCc1ccc(CN2CCC(OCCC(=O)O)CC2)s1. The molecule has 2 heterocycles. The van der Waals surface area contributed by atoms with Crippen LogP contribution in [-0.4, -0.2) is 41.8 Å². The summed E-state index contributed by atoms with van der Waals surface area (Å²) in [6, 6.07) is 4.46. The third-order valence-electron chi connectivity index (χ3n) is 3.65.